The molecule has 0 aromatic carbocycles. The number of aromatic nitrogens is 1. The molecule has 2 rings (SSSR count). The van der Waals surface area contributed by atoms with Gasteiger partial charge in [-0.05, 0) is 35.7 Å². The number of halogens is 1. The van der Waals surface area contributed by atoms with E-state index in [1.807, 2.05) is 6.92 Å². The highest BCUT2D eigenvalue weighted by Crippen LogP contribution is 2.25. The molecule has 0 bridgehead atoms. The summed E-state index contributed by atoms with van der Waals surface area (Å²) < 4.78 is 0.717. The molecule has 1 fully saturated rings. The van der Waals surface area contributed by atoms with Crippen LogP contribution in [-0.2, 0) is 4.79 Å². The molecule has 0 unspecified atom stereocenters. The second-order valence-electron chi connectivity index (χ2n) is 4.03. The van der Waals surface area contributed by atoms with Crippen molar-refractivity contribution >= 4 is 39.1 Å². The molecule has 0 radical (unpaired) electrons. The van der Waals surface area contributed by atoms with Gasteiger partial charge in [0.2, 0.25) is 5.91 Å². The van der Waals surface area contributed by atoms with Crippen molar-refractivity contribution in [3.05, 3.63) is 15.0 Å². The van der Waals surface area contributed by atoms with E-state index in [9.17, 15) is 9.59 Å². The molecule has 7 heteroatoms. The van der Waals surface area contributed by atoms with Crippen LogP contribution in [-0.4, -0.2) is 40.8 Å². The first kappa shape index (κ1) is 13.5. The minimum atomic E-state index is -0.356. The third kappa shape index (κ3) is 2.56. The number of hydrogen-bond donors (Lipinski definition) is 1. The normalized spacial score (nSPS) is 19.0. The molecule has 1 atom stereocenters. The Kier molecular flexibility index (Phi) is 4.34. The van der Waals surface area contributed by atoms with Crippen LogP contribution in [0.1, 0.15) is 30.3 Å². The summed E-state index contributed by atoms with van der Waals surface area (Å²) in [6, 6.07) is -0.356. The lowest BCUT2D eigenvalue weighted by molar-refractivity contribution is -0.124. The van der Waals surface area contributed by atoms with E-state index in [4.69, 9.17) is 0 Å². The van der Waals surface area contributed by atoms with E-state index in [2.05, 4.69) is 26.2 Å². The molecule has 18 heavy (non-hydrogen) atoms. The predicted molar refractivity (Wildman–Crippen MR) is 72.6 cm³/mol. The number of rotatable bonds is 3. The zero-order valence-corrected chi connectivity index (χ0v) is 12.4. The van der Waals surface area contributed by atoms with Gasteiger partial charge in [0.05, 0.1) is 5.51 Å². The predicted octanol–water partition coefficient (Wildman–Crippen LogP) is 1.65. The average Bonchev–Trinajstić information content (AvgIpc) is 2.96. The van der Waals surface area contributed by atoms with Crippen molar-refractivity contribution in [2.45, 2.75) is 25.8 Å². The molecule has 5 nitrogen and oxygen atoms in total. The Morgan fingerprint density at radius 1 is 1.67 bits per heavy atom. The van der Waals surface area contributed by atoms with Crippen LogP contribution in [0.3, 0.4) is 0 Å². The van der Waals surface area contributed by atoms with Crippen molar-refractivity contribution in [3.63, 3.8) is 0 Å². The zero-order valence-electron chi connectivity index (χ0n) is 9.98. The van der Waals surface area contributed by atoms with E-state index < -0.39 is 0 Å². The van der Waals surface area contributed by atoms with E-state index in [0.29, 0.717) is 22.6 Å². The minimum absolute atomic E-state index is 0.0743. The first-order chi connectivity index (χ1) is 8.65. The van der Waals surface area contributed by atoms with Gasteiger partial charge >= 0.3 is 0 Å². The fourth-order valence-electron chi connectivity index (χ4n) is 2.08. The van der Waals surface area contributed by atoms with Crippen LogP contribution in [0.15, 0.2) is 9.30 Å². The number of hydrogen-bond acceptors (Lipinski definition) is 4. The van der Waals surface area contributed by atoms with Crippen LogP contribution in [0, 0.1) is 0 Å². The number of likely N-dealkylation sites (tertiary alicyclic amines) is 1. The van der Waals surface area contributed by atoms with Crippen molar-refractivity contribution in [1.82, 2.24) is 15.2 Å². The van der Waals surface area contributed by atoms with Gasteiger partial charge in [-0.15, -0.1) is 11.3 Å². The van der Waals surface area contributed by atoms with Crippen LogP contribution >= 0.6 is 27.3 Å². The van der Waals surface area contributed by atoms with Gasteiger partial charge in [-0.25, -0.2) is 4.98 Å². The second kappa shape index (κ2) is 5.79. The Labute approximate surface area is 118 Å². The Morgan fingerprint density at radius 3 is 3.06 bits per heavy atom. The van der Waals surface area contributed by atoms with Crippen LogP contribution in [0.4, 0.5) is 0 Å². The van der Waals surface area contributed by atoms with E-state index in [0.717, 1.165) is 12.8 Å². The largest absolute Gasteiger partial charge is 0.355 e. The molecule has 0 saturated carbocycles. The van der Waals surface area contributed by atoms with Crippen LogP contribution in [0.2, 0.25) is 0 Å². The Morgan fingerprint density at radius 2 is 2.44 bits per heavy atom. The quantitative estimate of drug-likeness (QED) is 0.915. The summed E-state index contributed by atoms with van der Waals surface area (Å²) in [6.45, 7) is 3.07. The molecule has 1 aromatic heterocycles. The summed E-state index contributed by atoms with van der Waals surface area (Å²) in [7, 11) is 0. The summed E-state index contributed by atoms with van der Waals surface area (Å²) in [4.78, 5) is 29.9. The SMILES string of the molecule is CCNC(=O)[C@@H]1CCCN1C(=O)c1ncsc1Br. The van der Waals surface area contributed by atoms with Crippen molar-refractivity contribution in [3.8, 4) is 0 Å². The lowest BCUT2D eigenvalue weighted by atomic mass is 10.2. The molecule has 1 aliphatic heterocycles. The van der Waals surface area contributed by atoms with Gasteiger partial charge in [-0.2, -0.15) is 0 Å². The smallest absolute Gasteiger partial charge is 0.275 e. The highest BCUT2D eigenvalue weighted by Gasteiger charge is 2.35. The number of amides is 2. The maximum atomic E-state index is 12.3. The number of carbonyl (C=O) groups excluding carboxylic acids is 2. The van der Waals surface area contributed by atoms with Gasteiger partial charge in [0.15, 0.2) is 5.69 Å². The second-order valence-corrected chi connectivity index (χ2v) is 6.20. The standard InChI is InChI=1S/C11H14BrN3O2S/c1-2-13-10(16)7-4-3-5-15(7)11(17)8-9(12)18-6-14-8/h6-7H,2-5H2,1H3,(H,13,16)/t7-/m0/s1. The summed E-state index contributed by atoms with van der Waals surface area (Å²) in [6.07, 6.45) is 1.58. The molecular weight excluding hydrogens is 318 g/mol. The molecule has 1 aliphatic rings. The third-order valence-corrected chi connectivity index (χ3v) is 4.44. The van der Waals surface area contributed by atoms with E-state index >= 15 is 0 Å². The van der Waals surface area contributed by atoms with Gasteiger partial charge in [0, 0.05) is 13.1 Å². The molecule has 0 aliphatic carbocycles. The van der Waals surface area contributed by atoms with Crippen molar-refractivity contribution in [2.75, 3.05) is 13.1 Å². The zero-order chi connectivity index (χ0) is 13.1. The van der Waals surface area contributed by atoms with Crippen LogP contribution in [0.5, 0.6) is 0 Å². The number of thiazole rings is 1. The summed E-state index contributed by atoms with van der Waals surface area (Å²) >= 11 is 4.68. The Balaban J connectivity index is 2.15. The molecule has 1 aromatic rings. The maximum Gasteiger partial charge on any atom is 0.275 e. The number of carbonyl (C=O) groups is 2. The van der Waals surface area contributed by atoms with E-state index in [1.54, 1.807) is 10.4 Å². The molecular formula is C11H14BrN3O2S. The summed E-state index contributed by atoms with van der Waals surface area (Å²) in [5, 5.41) is 2.77. The first-order valence-corrected chi connectivity index (χ1v) is 7.50. The number of likely N-dealkylation sites (N-methyl/N-ethyl adjacent to an activating group) is 1. The lowest BCUT2D eigenvalue weighted by Gasteiger charge is -2.23. The molecule has 1 saturated heterocycles. The van der Waals surface area contributed by atoms with Gasteiger partial charge in [-0.1, -0.05) is 0 Å². The van der Waals surface area contributed by atoms with Crippen molar-refractivity contribution in [2.24, 2.45) is 0 Å². The Bertz CT molecular complexity index is 463. The monoisotopic (exact) mass is 331 g/mol. The molecule has 98 valence electrons. The number of nitrogens with zero attached hydrogens (tertiary/aromatic N) is 2. The molecule has 2 amide bonds. The van der Waals surface area contributed by atoms with Crippen molar-refractivity contribution in [1.29, 1.82) is 0 Å². The topological polar surface area (TPSA) is 62.3 Å². The van der Waals surface area contributed by atoms with Gasteiger partial charge in [0.1, 0.15) is 9.83 Å². The van der Waals surface area contributed by atoms with E-state index in [-0.39, 0.29) is 17.9 Å². The van der Waals surface area contributed by atoms with Gasteiger partial charge in [0.25, 0.3) is 5.91 Å². The van der Waals surface area contributed by atoms with Gasteiger partial charge < -0.3 is 10.2 Å². The van der Waals surface area contributed by atoms with Crippen molar-refractivity contribution < 1.29 is 9.59 Å². The molecule has 0 spiro atoms. The fraction of sp³-hybridized carbons (Fsp3) is 0.545. The molecule has 1 N–H and O–H groups in total. The third-order valence-electron chi connectivity index (χ3n) is 2.89. The Hall–Kier alpha value is -0.950. The lowest BCUT2D eigenvalue weighted by Crippen LogP contribution is -2.46. The number of nitrogens with one attached hydrogen (secondary N) is 1. The average molecular weight is 332 g/mol. The first-order valence-electron chi connectivity index (χ1n) is 5.82. The maximum absolute atomic E-state index is 12.3. The highest BCUT2D eigenvalue weighted by molar-refractivity contribution is 9.11. The van der Waals surface area contributed by atoms with Gasteiger partial charge in [-0.3, -0.25) is 9.59 Å². The minimum Gasteiger partial charge on any atom is -0.355 e. The van der Waals surface area contributed by atoms with E-state index in [1.165, 1.54) is 11.3 Å². The fourth-order valence-corrected chi connectivity index (χ4v) is 3.11. The van der Waals surface area contributed by atoms with Crippen LogP contribution < -0.4 is 5.32 Å². The summed E-state index contributed by atoms with van der Waals surface area (Å²) in [5.74, 6) is -0.244. The molecule has 2 heterocycles. The van der Waals surface area contributed by atoms with Crippen LogP contribution in [0.25, 0.3) is 0 Å². The summed E-state index contributed by atoms with van der Waals surface area (Å²) in [5.41, 5.74) is 2.02. The highest BCUT2D eigenvalue weighted by atomic mass is 79.9.